The van der Waals surface area contributed by atoms with Crippen molar-refractivity contribution in [2.24, 2.45) is 5.92 Å². The molecule has 1 nitrogen and oxygen atoms in total. The first-order chi connectivity index (χ1) is 5.35. The second-order valence-corrected chi connectivity index (χ2v) is 2.96. The van der Waals surface area contributed by atoms with E-state index in [0.717, 1.165) is 32.0 Å². The minimum Gasteiger partial charge on any atom is -0.381 e. The van der Waals surface area contributed by atoms with E-state index in [0.29, 0.717) is 0 Å². The zero-order chi connectivity index (χ0) is 8.53. The largest absolute Gasteiger partial charge is 0.381 e. The molecule has 0 N–H and O–H groups in total. The van der Waals surface area contributed by atoms with Crippen LogP contribution in [0.1, 0.15) is 39.5 Å². The van der Waals surface area contributed by atoms with Crippen molar-refractivity contribution in [2.45, 2.75) is 39.5 Å². The first kappa shape index (κ1) is 11.0. The average Bonchev–Trinajstić information content (AvgIpc) is 2.05. The molecule has 0 aliphatic rings. The van der Waals surface area contributed by atoms with Gasteiger partial charge in [0.15, 0.2) is 0 Å². The van der Waals surface area contributed by atoms with E-state index in [2.05, 4.69) is 20.8 Å². The fourth-order valence-electron chi connectivity index (χ4n) is 0.979. The lowest BCUT2D eigenvalue weighted by atomic mass is 10.1. The van der Waals surface area contributed by atoms with Crippen LogP contribution in [0.3, 0.4) is 0 Å². The highest BCUT2D eigenvalue weighted by molar-refractivity contribution is 4.52. The molecule has 0 spiro atoms. The molecule has 0 bridgehead atoms. The van der Waals surface area contributed by atoms with Gasteiger partial charge in [-0.15, -0.1) is 0 Å². The van der Waals surface area contributed by atoms with Crippen LogP contribution in [0.5, 0.6) is 0 Å². The molecule has 0 atom stereocenters. The molecule has 0 heterocycles. The van der Waals surface area contributed by atoms with Gasteiger partial charge in [0.2, 0.25) is 0 Å². The Morgan fingerprint density at radius 2 is 1.91 bits per heavy atom. The summed E-state index contributed by atoms with van der Waals surface area (Å²) in [5.41, 5.74) is 0. The number of ether oxygens (including phenoxy) is 1. The van der Waals surface area contributed by atoms with Crippen LogP contribution in [0, 0.1) is 12.8 Å². The van der Waals surface area contributed by atoms with Crippen LogP contribution < -0.4 is 0 Å². The molecule has 0 rings (SSSR count). The fraction of sp³-hybridized carbons (Fsp3) is 0.900. The van der Waals surface area contributed by atoms with E-state index in [4.69, 9.17) is 4.74 Å². The topological polar surface area (TPSA) is 9.23 Å². The van der Waals surface area contributed by atoms with Crippen LogP contribution in [0.2, 0.25) is 0 Å². The molecule has 11 heavy (non-hydrogen) atoms. The normalized spacial score (nSPS) is 10.9. The van der Waals surface area contributed by atoms with Gasteiger partial charge in [-0.3, -0.25) is 0 Å². The Labute approximate surface area is 71.1 Å². The highest BCUT2D eigenvalue weighted by Gasteiger charge is 2.01. The first-order valence-electron chi connectivity index (χ1n) is 4.72. The van der Waals surface area contributed by atoms with Gasteiger partial charge >= 0.3 is 0 Å². The lowest BCUT2D eigenvalue weighted by Gasteiger charge is -2.11. The summed E-state index contributed by atoms with van der Waals surface area (Å²) in [4.78, 5) is 0. The number of unbranched alkanes of at least 4 members (excludes halogenated alkanes) is 1. The van der Waals surface area contributed by atoms with Crippen LogP contribution in [-0.4, -0.2) is 13.2 Å². The van der Waals surface area contributed by atoms with Crippen LogP contribution in [0.25, 0.3) is 0 Å². The zero-order valence-electron chi connectivity index (χ0n) is 7.94. The molecule has 0 aliphatic heterocycles. The number of hydrogen-bond donors (Lipinski definition) is 0. The first-order valence-corrected chi connectivity index (χ1v) is 4.72. The maximum Gasteiger partial charge on any atom is 0.0494 e. The second kappa shape index (κ2) is 8.06. The summed E-state index contributed by atoms with van der Waals surface area (Å²) in [6.45, 7) is 10.0. The fourth-order valence-corrected chi connectivity index (χ4v) is 0.979. The molecule has 1 radical (unpaired) electrons. The lowest BCUT2D eigenvalue weighted by molar-refractivity contribution is 0.0950. The van der Waals surface area contributed by atoms with E-state index in [1.165, 1.54) is 12.8 Å². The quantitative estimate of drug-likeness (QED) is 0.516. The minimum atomic E-state index is 0.764. The SMILES string of the molecule is [CH2]CCCOCC(CC)CC. The van der Waals surface area contributed by atoms with Gasteiger partial charge in [0, 0.05) is 13.2 Å². The second-order valence-electron chi connectivity index (χ2n) is 2.96. The molecule has 0 aromatic rings. The van der Waals surface area contributed by atoms with E-state index in [9.17, 15) is 0 Å². The van der Waals surface area contributed by atoms with E-state index in [1.807, 2.05) is 0 Å². The van der Waals surface area contributed by atoms with Crippen molar-refractivity contribution in [3.63, 3.8) is 0 Å². The molecule has 0 fully saturated rings. The van der Waals surface area contributed by atoms with Crippen molar-refractivity contribution in [3.8, 4) is 0 Å². The highest BCUT2D eigenvalue weighted by atomic mass is 16.5. The van der Waals surface area contributed by atoms with Gasteiger partial charge in [-0.1, -0.05) is 40.0 Å². The van der Waals surface area contributed by atoms with E-state index >= 15 is 0 Å². The van der Waals surface area contributed by atoms with Crippen LogP contribution in [0.4, 0.5) is 0 Å². The highest BCUT2D eigenvalue weighted by Crippen LogP contribution is 2.07. The number of rotatable bonds is 7. The standard InChI is InChI=1S/C10H21O/c1-4-7-8-11-9-10(5-2)6-3/h10H,1,4-9H2,2-3H3. The summed E-state index contributed by atoms with van der Waals surface area (Å²) < 4.78 is 5.48. The Balaban J connectivity index is 3.07. The molecule has 0 aromatic carbocycles. The minimum absolute atomic E-state index is 0.764. The molecular weight excluding hydrogens is 136 g/mol. The summed E-state index contributed by atoms with van der Waals surface area (Å²) in [5, 5.41) is 0. The molecule has 67 valence electrons. The summed E-state index contributed by atoms with van der Waals surface area (Å²) in [5.74, 6) is 0.764. The Bertz CT molecular complexity index is 67.3. The predicted molar refractivity (Wildman–Crippen MR) is 49.5 cm³/mol. The summed E-state index contributed by atoms with van der Waals surface area (Å²) in [7, 11) is 0. The molecule has 0 aromatic heterocycles. The van der Waals surface area contributed by atoms with Gasteiger partial charge in [-0.2, -0.15) is 0 Å². The third-order valence-corrected chi connectivity index (χ3v) is 2.05. The molecular formula is C10H21O. The summed E-state index contributed by atoms with van der Waals surface area (Å²) in [6.07, 6.45) is 4.56. The van der Waals surface area contributed by atoms with Gasteiger partial charge in [0.05, 0.1) is 0 Å². The molecule has 0 amide bonds. The van der Waals surface area contributed by atoms with E-state index in [1.54, 1.807) is 0 Å². The Morgan fingerprint density at radius 1 is 1.27 bits per heavy atom. The third kappa shape index (κ3) is 6.36. The smallest absolute Gasteiger partial charge is 0.0494 e. The van der Waals surface area contributed by atoms with Crippen molar-refractivity contribution in [3.05, 3.63) is 6.92 Å². The number of hydrogen-bond acceptors (Lipinski definition) is 1. The zero-order valence-corrected chi connectivity index (χ0v) is 7.94. The van der Waals surface area contributed by atoms with Gasteiger partial charge in [0.1, 0.15) is 0 Å². The molecule has 0 unspecified atom stereocenters. The van der Waals surface area contributed by atoms with Crippen molar-refractivity contribution in [2.75, 3.05) is 13.2 Å². The predicted octanol–water partition coefficient (Wildman–Crippen LogP) is 3.05. The van der Waals surface area contributed by atoms with Gasteiger partial charge in [0.25, 0.3) is 0 Å². The molecule has 1 heteroatoms. The van der Waals surface area contributed by atoms with E-state index in [-0.39, 0.29) is 0 Å². The molecule has 0 saturated carbocycles. The van der Waals surface area contributed by atoms with Crippen molar-refractivity contribution in [1.82, 2.24) is 0 Å². The lowest BCUT2D eigenvalue weighted by Crippen LogP contribution is -2.08. The van der Waals surface area contributed by atoms with Gasteiger partial charge in [-0.25, -0.2) is 0 Å². The Kier molecular flexibility index (Phi) is 8.03. The average molecular weight is 157 g/mol. The van der Waals surface area contributed by atoms with Gasteiger partial charge in [-0.05, 0) is 12.3 Å². The third-order valence-electron chi connectivity index (χ3n) is 2.05. The molecule has 0 saturated heterocycles. The van der Waals surface area contributed by atoms with Crippen LogP contribution >= 0.6 is 0 Å². The van der Waals surface area contributed by atoms with Gasteiger partial charge < -0.3 is 4.74 Å². The molecule has 0 aliphatic carbocycles. The van der Waals surface area contributed by atoms with Crippen LogP contribution in [0.15, 0.2) is 0 Å². The van der Waals surface area contributed by atoms with Crippen LogP contribution in [-0.2, 0) is 4.74 Å². The van der Waals surface area contributed by atoms with Crippen molar-refractivity contribution < 1.29 is 4.74 Å². The monoisotopic (exact) mass is 157 g/mol. The summed E-state index contributed by atoms with van der Waals surface area (Å²) >= 11 is 0. The van der Waals surface area contributed by atoms with E-state index < -0.39 is 0 Å². The maximum absolute atomic E-state index is 5.48. The van der Waals surface area contributed by atoms with Crippen molar-refractivity contribution >= 4 is 0 Å². The maximum atomic E-state index is 5.48. The Hall–Kier alpha value is -0.0400. The van der Waals surface area contributed by atoms with Crippen molar-refractivity contribution in [1.29, 1.82) is 0 Å². The Morgan fingerprint density at radius 3 is 2.36 bits per heavy atom. The summed E-state index contributed by atoms with van der Waals surface area (Å²) in [6, 6.07) is 0.